The lowest BCUT2D eigenvalue weighted by Gasteiger charge is -2.38. The molecule has 5 nitrogen and oxygen atoms in total. The Bertz CT molecular complexity index is 585. The first kappa shape index (κ1) is 14.1. The summed E-state index contributed by atoms with van der Waals surface area (Å²) in [6.45, 7) is 5.24. The number of hydrogen-bond donors (Lipinski definition) is 1. The predicted octanol–water partition coefficient (Wildman–Crippen LogP) is 1.82. The average molecular weight is 288 g/mol. The number of anilines is 1. The third-order valence-electron chi connectivity index (χ3n) is 4.18. The first-order valence-electron chi connectivity index (χ1n) is 7.44. The second-order valence-corrected chi connectivity index (χ2v) is 5.76. The molecule has 0 aliphatic carbocycles. The Kier molecular flexibility index (Phi) is 3.68. The van der Waals surface area contributed by atoms with E-state index in [2.05, 4.69) is 12.2 Å². The van der Waals surface area contributed by atoms with Crippen LogP contribution in [-0.2, 0) is 16.0 Å². The molecule has 2 atom stereocenters. The molecule has 1 N–H and O–H groups in total. The normalized spacial score (nSPS) is 24.7. The van der Waals surface area contributed by atoms with Gasteiger partial charge in [-0.1, -0.05) is 13.0 Å². The van der Waals surface area contributed by atoms with Crippen molar-refractivity contribution in [2.45, 2.75) is 38.8 Å². The molecule has 0 radical (unpaired) electrons. The highest BCUT2D eigenvalue weighted by atomic mass is 16.5. The van der Waals surface area contributed by atoms with Crippen molar-refractivity contribution in [3.63, 3.8) is 0 Å². The fraction of sp³-hybridized carbons (Fsp3) is 0.500. The quantitative estimate of drug-likeness (QED) is 0.903. The van der Waals surface area contributed by atoms with Gasteiger partial charge in [0.2, 0.25) is 5.91 Å². The molecule has 3 rings (SSSR count). The van der Waals surface area contributed by atoms with Crippen molar-refractivity contribution in [3.05, 3.63) is 29.3 Å². The Hall–Kier alpha value is -1.88. The highest BCUT2D eigenvalue weighted by Crippen LogP contribution is 2.26. The molecule has 0 aromatic heterocycles. The van der Waals surface area contributed by atoms with Crippen molar-refractivity contribution < 1.29 is 14.3 Å². The third kappa shape index (κ3) is 2.65. The second kappa shape index (κ2) is 5.48. The molecule has 0 bridgehead atoms. The summed E-state index contributed by atoms with van der Waals surface area (Å²) >= 11 is 0. The van der Waals surface area contributed by atoms with E-state index in [1.807, 2.05) is 24.0 Å². The van der Waals surface area contributed by atoms with E-state index in [0.29, 0.717) is 25.1 Å². The van der Waals surface area contributed by atoms with Crippen LogP contribution >= 0.6 is 0 Å². The maximum absolute atomic E-state index is 12.8. The van der Waals surface area contributed by atoms with Crippen molar-refractivity contribution >= 4 is 17.5 Å². The van der Waals surface area contributed by atoms with E-state index in [4.69, 9.17) is 4.74 Å². The summed E-state index contributed by atoms with van der Waals surface area (Å²) in [6.07, 6.45) is 1.33. The van der Waals surface area contributed by atoms with Crippen molar-refractivity contribution in [1.82, 2.24) is 4.90 Å². The van der Waals surface area contributed by atoms with Gasteiger partial charge in [0.15, 0.2) is 0 Å². The van der Waals surface area contributed by atoms with Gasteiger partial charge in [-0.05, 0) is 31.0 Å². The first-order valence-corrected chi connectivity index (χ1v) is 7.44. The van der Waals surface area contributed by atoms with Gasteiger partial charge in [-0.25, -0.2) is 0 Å². The number of ether oxygens (including phenoxy) is 1. The van der Waals surface area contributed by atoms with Gasteiger partial charge in [-0.2, -0.15) is 0 Å². The van der Waals surface area contributed by atoms with Gasteiger partial charge in [0, 0.05) is 17.8 Å². The minimum absolute atomic E-state index is 0.0129. The number of carbonyl (C=O) groups excluding carboxylic acids is 2. The Labute approximate surface area is 124 Å². The minimum Gasteiger partial charge on any atom is -0.375 e. The number of carbonyl (C=O) groups is 2. The average Bonchev–Trinajstić information content (AvgIpc) is 2.85. The van der Waals surface area contributed by atoms with E-state index >= 15 is 0 Å². The van der Waals surface area contributed by atoms with Crippen LogP contribution in [0, 0.1) is 0 Å². The molecule has 2 unspecified atom stereocenters. The van der Waals surface area contributed by atoms with E-state index in [0.717, 1.165) is 17.7 Å². The lowest BCUT2D eigenvalue weighted by atomic mass is 10.1. The molecule has 2 amide bonds. The number of nitrogens with one attached hydrogen (secondary N) is 1. The zero-order valence-corrected chi connectivity index (χ0v) is 12.4. The molecule has 112 valence electrons. The van der Waals surface area contributed by atoms with Crippen LogP contribution in [0.15, 0.2) is 18.2 Å². The molecule has 1 aromatic carbocycles. The summed E-state index contributed by atoms with van der Waals surface area (Å²) in [7, 11) is 0. The summed E-state index contributed by atoms with van der Waals surface area (Å²) in [4.78, 5) is 26.1. The molecular weight excluding hydrogens is 268 g/mol. The molecule has 2 heterocycles. The molecule has 21 heavy (non-hydrogen) atoms. The molecule has 1 saturated heterocycles. The lowest BCUT2D eigenvalue weighted by molar-refractivity contribution is -0.115. The van der Waals surface area contributed by atoms with Gasteiger partial charge in [0.1, 0.15) is 0 Å². The van der Waals surface area contributed by atoms with Crippen LogP contribution in [0.25, 0.3) is 0 Å². The van der Waals surface area contributed by atoms with Crippen molar-refractivity contribution in [2.24, 2.45) is 0 Å². The molecule has 5 heteroatoms. The highest BCUT2D eigenvalue weighted by Gasteiger charge is 2.30. The van der Waals surface area contributed by atoms with Crippen LogP contribution in [0.4, 0.5) is 5.69 Å². The van der Waals surface area contributed by atoms with Gasteiger partial charge in [-0.3, -0.25) is 9.59 Å². The number of morpholine rings is 1. The number of fused-ring (bicyclic) bond motifs is 1. The SMILES string of the molecule is CCC1COC(C)CN1C(=O)c1ccc2c(c1)NC(=O)C2. The highest BCUT2D eigenvalue weighted by molar-refractivity contribution is 6.02. The maximum Gasteiger partial charge on any atom is 0.254 e. The molecule has 1 aromatic rings. The van der Waals surface area contributed by atoms with Crippen LogP contribution in [0.1, 0.15) is 36.2 Å². The molecule has 0 spiro atoms. The molecular formula is C16H20N2O3. The van der Waals surface area contributed by atoms with Crippen LogP contribution in [0.3, 0.4) is 0 Å². The number of hydrogen-bond acceptors (Lipinski definition) is 3. The minimum atomic E-state index is -0.0129. The number of amides is 2. The second-order valence-electron chi connectivity index (χ2n) is 5.76. The Morgan fingerprint density at radius 2 is 2.29 bits per heavy atom. The molecule has 2 aliphatic rings. The van der Waals surface area contributed by atoms with E-state index in [-0.39, 0.29) is 24.0 Å². The number of rotatable bonds is 2. The molecule has 1 fully saturated rings. The zero-order chi connectivity index (χ0) is 15.0. The molecule has 2 aliphatic heterocycles. The van der Waals surface area contributed by atoms with E-state index < -0.39 is 0 Å². The number of nitrogens with zero attached hydrogens (tertiary/aromatic N) is 1. The fourth-order valence-corrected chi connectivity index (χ4v) is 2.94. The Morgan fingerprint density at radius 1 is 1.48 bits per heavy atom. The van der Waals surface area contributed by atoms with Crippen molar-refractivity contribution in [3.8, 4) is 0 Å². The Balaban J connectivity index is 1.84. The zero-order valence-electron chi connectivity index (χ0n) is 12.4. The van der Waals surface area contributed by atoms with Crippen LogP contribution in [0.5, 0.6) is 0 Å². The fourth-order valence-electron chi connectivity index (χ4n) is 2.94. The van der Waals surface area contributed by atoms with Crippen LogP contribution in [0.2, 0.25) is 0 Å². The smallest absolute Gasteiger partial charge is 0.254 e. The van der Waals surface area contributed by atoms with Gasteiger partial charge < -0.3 is 15.0 Å². The summed E-state index contributed by atoms with van der Waals surface area (Å²) < 4.78 is 5.63. The topological polar surface area (TPSA) is 58.6 Å². The third-order valence-corrected chi connectivity index (χ3v) is 4.18. The standard InChI is InChI=1S/C16H20N2O3/c1-3-13-9-21-10(2)8-18(13)16(20)12-5-4-11-7-15(19)17-14(11)6-12/h4-6,10,13H,3,7-9H2,1-2H3,(H,17,19). The number of benzene rings is 1. The van der Waals surface area contributed by atoms with E-state index in [1.165, 1.54) is 0 Å². The van der Waals surface area contributed by atoms with Crippen LogP contribution < -0.4 is 5.32 Å². The monoisotopic (exact) mass is 288 g/mol. The van der Waals surface area contributed by atoms with E-state index in [9.17, 15) is 9.59 Å². The summed E-state index contributed by atoms with van der Waals surface area (Å²) in [5.41, 5.74) is 2.35. The summed E-state index contributed by atoms with van der Waals surface area (Å²) in [6, 6.07) is 5.59. The predicted molar refractivity (Wildman–Crippen MR) is 79.3 cm³/mol. The largest absolute Gasteiger partial charge is 0.375 e. The van der Waals surface area contributed by atoms with Gasteiger partial charge >= 0.3 is 0 Å². The van der Waals surface area contributed by atoms with Gasteiger partial charge in [0.05, 0.1) is 25.2 Å². The lowest BCUT2D eigenvalue weighted by Crippen LogP contribution is -2.51. The molecule has 0 saturated carbocycles. The maximum atomic E-state index is 12.8. The van der Waals surface area contributed by atoms with Crippen molar-refractivity contribution in [2.75, 3.05) is 18.5 Å². The van der Waals surface area contributed by atoms with Gasteiger partial charge in [0.25, 0.3) is 5.91 Å². The first-order chi connectivity index (χ1) is 10.1. The van der Waals surface area contributed by atoms with E-state index in [1.54, 1.807) is 6.07 Å². The van der Waals surface area contributed by atoms with Crippen LogP contribution in [-0.4, -0.2) is 42.0 Å². The van der Waals surface area contributed by atoms with Gasteiger partial charge in [-0.15, -0.1) is 0 Å². The summed E-state index contributed by atoms with van der Waals surface area (Å²) in [5.74, 6) is 0.00183. The van der Waals surface area contributed by atoms with Crippen molar-refractivity contribution in [1.29, 1.82) is 0 Å². The summed E-state index contributed by atoms with van der Waals surface area (Å²) in [5, 5.41) is 2.80. The Morgan fingerprint density at radius 3 is 3.05 bits per heavy atom.